The molecule has 2 N–H and O–H groups in total. The highest BCUT2D eigenvalue weighted by atomic mass is 32.2. The number of rotatable bonds is 4. The van der Waals surface area contributed by atoms with Crippen molar-refractivity contribution in [3.63, 3.8) is 0 Å². The molecule has 0 amide bonds. The lowest BCUT2D eigenvalue weighted by molar-refractivity contribution is 0.0600. The second kappa shape index (κ2) is 6.02. The van der Waals surface area contributed by atoms with E-state index in [9.17, 15) is 9.59 Å². The number of esters is 1. The highest BCUT2D eigenvalue weighted by Gasteiger charge is 2.08. The Morgan fingerprint density at radius 3 is 2.82 bits per heavy atom. The predicted octanol–water partition coefficient (Wildman–Crippen LogP) is 1.73. The zero-order valence-corrected chi connectivity index (χ0v) is 12.4. The van der Waals surface area contributed by atoms with Crippen molar-refractivity contribution in [2.24, 2.45) is 0 Å². The van der Waals surface area contributed by atoms with Crippen molar-refractivity contribution < 1.29 is 9.53 Å². The van der Waals surface area contributed by atoms with Crippen LogP contribution in [-0.2, 0) is 10.5 Å². The Morgan fingerprint density at radius 2 is 2.09 bits per heavy atom. The molecule has 0 aliphatic rings. The molecule has 3 rings (SSSR count). The van der Waals surface area contributed by atoms with E-state index in [-0.39, 0.29) is 11.5 Å². The maximum absolute atomic E-state index is 11.8. The van der Waals surface area contributed by atoms with E-state index < -0.39 is 0 Å². The van der Waals surface area contributed by atoms with Crippen LogP contribution in [0, 0.1) is 0 Å². The van der Waals surface area contributed by atoms with Gasteiger partial charge >= 0.3 is 5.97 Å². The summed E-state index contributed by atoms with van der Waals surface area (Å²) in [5.74, 6) is 0.245. The predicted molar refractivity (Wildman–Crippen MR) is 81.9 cm³/mol. The van der Waals surface area contributed by atoms with Crippen molar-refractivity contribution in [2.75, 3.05) is 7.11 Å². The maximum atomic E-state index is 11.8. The van der Waals surface area contributed by atoms with Gasteiger partial charge in [-0.1, -0.05) is 23.9 Å². The number of ether oxygens (including phenoxy) is 1. The van der Waals surface area contributed by atoms with Crippen LogP contribution in [-0.4, -0.2) is 33.0 Å². The van der Waals surface area contributed by atoms with Crippen LogP contribution in [0.4, 0.5) is 0 Å². The molecule has 0 aliphatic heterocycles. The Bertz CT molecular complexity index is 870. The van der Waals surface area contributed by atoms with Crippen LogP contribution < -0.4 is 5.56 Å². The lowest BCUT2D eigenvalue weighted by atomic mass is 10.1. The van der Waals surface area contributed by atoms with Crippen LogP contribution in [0.25, 0.3) is 11.2 Å². The average Bonchev–Trinajstić information content (AvgIpc) is 3.02. The smallest absolute Gasteiger partial charge is 0.337 e. The van der Waals surface area contributed by atoms with Crippen molar-refractivity contribution in [2.45, 2.75) is 10.9 Å². The third kappa shape index (κ3) is 2.86. The number of carbonyl (C=O) groups is 1. The van der Waals surface area contributed by atoms with Gasteiger partial charge in [-0.15, -0.1) is 0 Å². The van der Waals surface area contributed by atoms with Crippen LogP contribution in [0.15, 0.2) is 40.5 Å². The van der Waals surface area contributed by atoms with Gasteiger partial charge in [0.25, 0.3) is 5.56 Å². The van der Waals surface area contributed by atoms with E-state index in [1.807, 2.05) is 12.1 Å². The Labute approximate surface area is 129 Å². The zero-order valence-electron chi connectivity index (χ0n) is 11.6. The fourth-order valence-corrected chi connectivity index (χ4v) is 2.71. The van der Waals surface area contributed by atoms with Crippen molar-refractivity contribution in [3.05, 3.63) is 52.1 Å². The molecule has 0 saturated carbocycles. The van der Waals surface area contributed by atoms with Gasteiger partial charge in [-0.25, -0.2) is 14.8 Å². The minimum Gasteiger partial charge on any atom is -0.465 e. The number of imidazole rings is 1. The van der Waals surface area contributed by atoms with Gasteiger partial charge in [-0.05, 0) is 17.7 Å². The molecule has 8 heteroatoms. The summed E-state index contributed by atoms with van der Waals surface area (Å²) in [4.78, 5) is 36.8. The molecule has 0 atom stereocenters. The summed E-state index contributed by atoms with van der Waals surface area (Å²) in [7, 11) is 1.35. The maximum Gasteiger partial charge on any atom is 0.337 e. The summed E-state index contributed by atoms with van der Waals surface area (Å²) >= 11 is 1.39. The first-order valence-corrected chi connectivity index (χ1v) is 7.39. The van der Waals surface area contributed by atoms with Crippen LogP contribution in [0.5, 0.6) is 0 Å². The summed E-state index contributed by atoms with van der Waals surface area (Å²) in [5.41, 5.74) is 2.02. The molecule has 112 valence electrons. The standard InChI is InChI=1S/C14H12N4O3S/c1-21-13(20)9-4-2-8(3-5-9)6-22-14-17-11-10(12(19)18-14)15-7-16-11/h2-5,7H,6H2,1H3,(H2,15,16,17,18,19). The highest BCUT2D eigenvalue weighted by molar-refractivity contribution is 7.98. The fourth-order valence-electron chi connectivity index (χ4n) is 1.90. The molecule has 0 saturated heterocycles. The largest absolute Gasteiger partial charge is 0.465 e. The molecule has 0 spiro atoms. The van der Waals surface area contributed by atoms with Crippen molar-refractivity contribution in [3.8, 4) is 0 Å². The van der Waals surface area contributed by atoms with Crippen molar-refractivity contribution in [1.82, 2.24) is 19.9 Å². The molecule has 7 nitrogen and oxygen atoms in total. The van der Waals surface area contributed by atoms with E-state index >= 15 is 0 Å². The van der Waals surface area contributed by atoms with Crippen molar-refractivity contribution >= 4 is 28.9 Å². The first kappa shape index (κ1) is 14.3. The molecule has 0 aliphatic carbocycles. The third-order valence-electron chi connectivity index (χ3n) is 3.02. The molecular formula is C14H12N4O3S. The van der Waals surface area contributed by atoms with E-state index in [0.29, 0.717) is 27.6 Å². The van der Waals surface area contributed by atoms with E-state index in [2.05, 4.69) is 24.7 Å². The Morgan fingerprint density at radius 1 is 1.32 bits per heavy atom. The van der Waals surface area contributed by atoms with Crippen molar-refractivity contribution in [1.29, 1.82) is 0 Å². The number of thioether (sulfide) groups is 1. The highest BCUT2D eigenvalue weighted by Crippen LogP contribution is 2.19. The van der Waals surface area contributed by atoms with Crippen LogP contribution in [0.2, 0.25) is 0 Å². The Balaban J connectivity index is 1.73. The molecule has 0 bridgehead atoms. The number of carbonyl (C=O) groups excluding carboxylic acids is 1. The van der Waals surface area contributed by atoms with Crippen LogP contribution >= 0.6 is 11.8 Å². The van der Waals surface area contributed by atoms with E-state index in [4.69, 9.17) is 0 Å². The first-order valence-electron chi connectivity index (χ1n) is 6.41. The van der Waals surface area contributed by atoms with Gasteiger partial charge < -0.3 is 9.72 Å². The fraction of sp³-hybridized carbons (Fsp3) is 0.143. The van der Waals surface area contributed by atoms with Gasteiger partial charge in [-0.3, -0.25) is 9.78 Å². The SMILES string of the molecule is COC(=O)c1ccc(CSc2nc3nc[nH]c3c(=O)[nH]2)cc1. The average molecular weight is 316 g/mol. The zero-order chi connectivity index (χ0) is 15.5. The molecular weight excluding hydrogens is 304 g/mol. The number of benzene rings is 1. The first-order chi connectivity index (χ1) is 10.7. The number of hydrogen-bond acceptors (Lipinski definition) is 6. The summed E-state index contributed by atoms with van der Waals surface area (Å²) in [5, 5.41) is 0.502. The quantitative estimate of drug-likeness (QED) is 0.432. The molecule has 0 radical (unpaired) electrons. The van der Waals surface area contributed by atoms with Crippen LogP contribution in [0.3, 0.4) is 0 Å². The minimum absolute atomic E-state index is 0.244. The van der Waals surface area contributed by atoms with Gasteiger partial charge in [0.1, 0.15) is 0 Å². The number of fused-ring (bicyclic) bond motifs is 1. The lowest BCUT2D eigenvalue weighted by Crippen LogP contribution is -2.09. The summed E-state index contributed by atoms with van der Waals surface area (Å²) < 4.78 is 4.65. The van der Waals surface area contributed by atoms with E-state index in [0.717, 1.165) is 5.56 Å². The summed E-state index contributed by atoms with van der Waals surface area (Å²) in [6.45, 7) is 0. The number of aromatic amines is 2. The van der Waals surface area contributed by atoms with Gasteiger partial charge in [0.15, 0.2) is 16.3 Å². The third-order valence-corrected chi connectivity index (χ3v) is 3.97. The monoisotopic (exact) mass is 316 g/mol. The number of nitrogens with zero attached hydrogens (tertiary/aromatic N) is 2. The van der Waals surface area contributed by atoms with E-state index in [1.165, 1.54) is 25.2 Å². The number of aromatic nitrogens is 4. The summed E-state index contributed by atoms with van der Waals surface area (Å²) in [6.07, 6.45) is 1.44. The molecule has 0 unspecified atom stereocenters. The summed E-state index contributed by atoms with van der Waals surface area (Å²) in [6, 6.07) is 7.08. The number of H-pyrrole nitrogens is 2. The molecule has 3 aromatic rings. The molecule has 0 fully saturated rings. The molecule has 2 heterocycles. The topological polar surface area (TPSA) is 101 Å². The minimum atomic E-state index is -0.366. The lowest BCUT2D eigenvalue weighted by Gasteiger charge is -2.03. The normalized spacial score (nSPS) is 10.8. The second-order valence-corrected chi connectivity index (χ2v) is 5.41. The number of nitrogens with one attached hydrogen (secondary N) is 2. The van der Waals surface area contributed by atoms with Crippen LogP contribution in [0.1, 0.15) is 15.9 Å². The second-order valence-electron chi connectivity index (χ2n) is 4.45. The van der Waals surface area contributed by atoms with Gasteiger partial charge in [-0.2, -0.15) is 0 Å². The molecule has 22 heavy (non-hydrogen) atoms. The number of methoxy groups -OCH3 is 1. The Kier molecular flexibility index (Phi) is 3.92. The Hall–Kier alpha value is -2.61. The molecule has 1 aromatic carbocycles. The molecule has 2 aromatic heterocycles. The van der Waals surface area contributed by atoms with Gasteiger partial charge in [0.2, 0.25) is 0 Å². The van der Waals surface area contributed by atoms with Gasteiger partial charge in [0, 0.05) is 5.75 Å². The van der Waals surface area contributed by atoms with Gasteiger partial charge in [0.05, 0.1) is 19.0 Å². The van der Waals surface area contributed by atoms with E-state index in [1.54, 1.807) is 12.1 Å². The number of hydrogen-bond donors (Lipinski definition) is 2.